The van der Waals surface area contributed by atoms with Gasteiger partial charge in [-0.2, -0.15) is 0 Å². The monoisotopic (exact) mass is 454 g/mol. The minimum atomic E-state index is -0.320. The van der Waals surface area contributed by atoms with Crippen LogP contribution < -0.4 is 21.5 Å². The molecule has 34 heavy (non-hydrogen) atoms. The third-order valence-corrected chi connectivity index (χ3v) is 7.24. The van der Waals surface area contributed by atoms with Crippen molar-refractivity contribution in [3.63, 3.8) is 0 Å². The molecule has 2 aromatic carbocycles. The zero-order valence-corrected chi connectivity index (χ0v) is 19.1. The summed E-state index contributed by atoms with van der Waals surface area (Å²) >= 11 is 0. The van der Waals surface area contributed by atoms with Gasteiger partial charge >= 0.3 is 5.69 Å². The lowest BCUT2D eigenvalue weighted by molar-refractivity contribution is 0.326. The number of rotatable bonds is 3. The molecule has 0 spiro atoms. The second-order valence-corrected chi connectivity index (χ2v) is 9.18. The van der Waals surface area contributed by atoms with Crippen molar-refractivity contribution in [3.05, 3.63) is 116 Å². The molecular weight excluding hydrogens is 428 g/mol. The molecule has 0 radical (unpaired) electrons. The van der Waals surface area contributed by atoms with Crippen molar-refractivity contribution < 1.29 is 4.42 Å². The quantitative estimate of drug-likeness (QED) is 0.512. The van der Waals surface area contributed by atoms with E-state index in [1.54, 1.807) is 24.9 Å². The van der Waals surface area contributed by atoms with Crippen LogP contribution in [-0.4, -0.2) is 15.7 Å². The van der Waals surface area contributed by atoms with E-state index in [9.17, 15) is 9.59 Å². The number of hydrogen-bond acceptors (Lipinski definition) is 5. The molecule has 4 aromatic rings. The standard InChI is InChI=1S/C27H26N4O3/c1-29-25-23(26(32)30(2)27(29)33)24-19(16-31(25)15-17-9-4-3-5-10-17)22(21-13-8-14-34-21)18-11-6-7-12-20(18)28-24/h3-14,19,22,24,28H,15-16H2,1-2H3/t19-,22+,24-/m0/s1. The van der Waals surface area contributed by atoms with Crippen molar-refractivity contribution >= 4 is 11.5 Å². The first kappa shape index (κ1) is 20.6. The molecular formula is C27H26N4O3. The molecule has 7 nitrogen and oxygen atoms in total. The molecule has 0 fully saturated rings. The van der Waals surface area contributed by atoms with Crippen molar-refractivity contribution in [1.82, 2.24) is 9.13 Å². The number of aromatic nitrogens is 2. The molecule has 0 saturated heterocycles. The first-order valence-electron chi connectivity index (χ1n) is 11.5. The first-order chi connectivity index (χ1) is 16.5. The second kappa shape index (κ2) is 7.80. The number of fused-ring (bicyclic) bond motifs is 4. The van der Waals surface area contributed by atoms with Gasteiger partial charge in [0.2, 0.25) is 0 Å². The number of anilines is 2. The molecule has 172 valence electrons. The Hall–Kier alpha value is -4.00. The van der Waals surface area contributed by atoms with Gasteiger partial charge in [-0.15, -0.1) is 0 Å². The minimum absolute atomic E-state index is 0.0224. The fourth-order valence-corrected chi connectivity index (χ4v) is 5.73. The summed E-state index contributed by atoms with van der Waals surface area (Å²) in [6, 6.07) is 22.0. The third-order valence-electron chi connectivity index (χ3n) is 7.24. The highest BCUT2D eigenvalue weighted by Gasteiger charge is 2.46. The summed E-state index contributed by atoms with van der Waals surface area (Å²) in [7, 11) is 3.30. The van der Waals surface area contributed by atoms with E-state index in [1.165, 1.54) is 4.57 Å². The molecule has 4 heterocycles. The Morgan fingerprint density at radius 2 is 1.71 bits per heavy atom. The Morgan fingerprint density at radius 1 is 0.941 bits per heavy atom. The average molecular weight is 455 g/mol. The van der Waals surface area contributed by atoms with Crippen molar-refractivity contribution in [2.45, 2.75) is 18.5 Å². The van der Waals surface area contributed by atoms with E-state index in [0.717, 1.165) is 22.6 Å². The number of para-hydroxylation sites is 1. The van der Waals surface area contributed by atoms with Crippen LogP contribution in [0.4, 0.5) is 11.5 Å². The number of nitrogens with one attached hydrogen (secondary N) is 1. The molecule has 2 aromatic heterocycles. The maximum atomic E-state index is 13.6. The van der Waals surface area contributed by atoms with Gasteiger partial charge in [0.1, 0.15) is 11.6 Å². The molecule has 0 amide bonds. The Kier molecular flexibility index (Phi) is 4.72. The lowest BCUT2D eigenvalue weighted by Crippen LogP contribution is -2.52. The smallest absolute Gasteiger partial charge is 0.332 e. The first-order valence-corrected chi connectivity index (χ1v) is 11.5. The van der Waals surface area contributed by atoms with Crippen LogP contribution in [-0.2, 0) is 20.6 Å². The summed E-state index contributed by atoms with van der Waals surface area (Å²) < 4.78 is 8.76. The van der Waals surface area contributed by atoms with Crippen molar-refractivity contribution in [2.24, 2.45) is 20.0 Å². The van der Waals surface area contributed by atoms with Crippen LogP contribution in [0.15, 0.2) is 87.0 Å². The van der Waals surface area contributed by atoms with Gasteiger partial charge in [-0.25, -0.2) is 4.79 Å². The fraction of sp³-hybridized carbons (Fsp3) is 0.259. The normalized spacial score (nSPS) is 20.8. The Bertz CT molecular complexity index is 1470. The topological polar surface area (TPSA) is 72.4 Å². The number of furan rings is 1. The molecule has 6 rings (SSSR count). The van der Waals surface area contributed by atoms with Gasteiger partial charge in [0.15, 0.2) is 0 Å². The van der Waals surface area contributed by atoms with Crippen LogP contribution >= 0.6 is 0 Å². The maximum Gasteiger partial charge on any atom is 0.332 e. The molecule has 0 bridgehead atoms. The largest absolute Gasteiger partial charge is 0.469 e. The van der Waals surface area contributed by atoms with E-state index in [4.69, 9.17) is 4.42 Å². The van der Waals surface area contributed by atoms with E-state index in [2.05, 4.69) is 28.4 Å². The lowest BCUT2D eigenvalue weighted by atomic mass is 9.72. The Balaban J connectivity index is 1.59. The zero-order valence-electron chi connectivity index (χ0n) is 19.1. The van der Waals surface area contributed by atoms with Crippen LogP contribution in [0.1, 0.15) is 34.4 Å². The fourth-order valence-electron chi connectivity index (χ4n) is 5.73. The highest BCUT2D eigenvalue weighted by Crippen LogP contribution is 2.51. The summed E-state index contributed by atoms with van der Waals surface area (Å²) in [6.45, 7) is 1.27. The van der Waals surface area contributed by atoms with Crippen LogP contribution in [0.25, 0.3) is 0 Å². The lowest BCUT2D eigenvalue weighted by Gasteiger charge is -2.47. The molecule has 3 atom stereocenters. The van der Waals surface area contributed by atoms with E-state index in [1.807, 2.05) is 48.5 Å². The molecule has 7 heteroatoms. The summed E-state index contributed by atoms with van der Waals surface area (Å²) in [5.74, 6) is 1.57. The van der Waals surface area contributed by atoms with Gasteiger partial charge in [0.25, 0.3) is 5.56 Å². The number of nitrogens with zero attached hydrogens (tertiary/aromatic N) is 3. The van der Waals surface area contributed by atoms with Crippen LogP contribution in [0, 0.1) is 5.92 Å². The minimum Gasteiger partial charge on any atom is -0.469 e. The van der Waals surface area contributed by atoms with Crippen molar-refractivity contribution in [2.75, 3.05) is 16.8 Å². The molecule has 0 aliphatic carbocycles. The van der Waals surface area contributed by atoms with Gasteiger partial charge < -0.3 is 14.6 Å². The number of hydrogen-bond donors (Lipinski definition) is 1. The molecule has 0 unspecified atom stereocenters. The Morgan fingerprint density at radius 3 is 2.47 bits per heavy atom. The van der Waals surface area contributed by atoms with E-state index < -0.39 is 0 Å². The van der Waals surface area contributed by atoms with Crippen molar-refractivity contribution in [3.8, 4) is 0 Å². The summed E-state index contributed by atoms with van der Waals surface area (Å²) in [4.78, 5) is 28.7. The molecule has 1 N–H and O–H groups in total. The highest BCUT2D eigenvalue weighted by molar-refractivity contribution is 5.64. The van der Waals surface area contributed by atoms with Gasteiger partial charge in [0, 0.05) is 38.8 Å². The van der Waals surface area contributed by atoms with E-state index >= 15 is 0 Å². The number of benzene rings is 2. The summed E-state index contributed by atoms with van der Waals surface area (Å²) in [5.41, 5.74) is 3.32. The third kappa shape index (κ3) is 3.04. The summed E-state index contributed by atoms with van der Waals surface area (Å²) in [5, 5.41) is 3.65. The van der Waals surface area contributed by atoms with Crippen LogP contribution in [0.2, 0.25) is 0 Å². The highest BCUT2D eigenvalue weighted by atomic mass is 16.3. The average Bonchev–Trinajstić information content (AvgIpc) is 3.39. The molecule has 0 saturated carbocycles. The van der Waals surface area contributed by atoms with Gasteiger partial charge in [0.05, 0.1) is 23.8 Å². The molecule has 2 aliphatic heterocycles. The zero-order chi connectivity index (χ0) is 23.4. The van der Waals surface area contributed by atoms with Crippen LogP contribution in [0.3, 0.4) is 0 Å². The summed E-state index contributed by atoms with van der Waals surface area (Å²) in [6.07, 6.45) is 1.70. The van der Waals surface area contributed by atoms with E-state index in [-0.39, 0.29) is 29.1 Å². The van der Waals surface area contributed by atoms with Crippen molar-refractivity contribution in [1.29, 1.82) is 0 Å². The molecule has 2 aliphatic rings. The van der Waals surface area contributed by atoms with Crippen LogP contribution in [0.5, 0.6) is 0 Å². The van der Waals surface area contributed by atoms with Gasteiger partial charge in [-0.05, 0) is 29.3 Å². The van der Waals surface area contributed by atoms with E-state index in [0.29, 0.717) is 24.5 Å². The Labute approximate surface area is 196 Å². The predicted octanol–water partition coefficient (Wildman–Crippen LogP) is 3.61. The predicted molar refractivity (Wildman–Crippen MR) is 131 cm³/mol. The van der Waals surface area contributed by atoms with Gasteiger partial charge in [-0.1, -0.05) is 48.5 Å². The van der Waals surface area contributed by atoms with Gasteiger partial charge in [-0.3, -0.25) is 13.9 Å². The second-order valence-electron chi connectivity index (χ2n) is 9.18. The maximum absolute atomic E-state index is 13.6. The SMILES string of the molecule is Cn1c2c(c(=O)n(C)c1=O)[C@H]1Nc3ccccc3[C@@H](c3ccco3)[C@@H]1CN2Cc1ccccc1.